The van der Waals surface area contributed by atoms with E-state index >= 15 is 0 Å². The summed E-state index contributed by atoms with van der Waals surface area (Å²) in [6.07, 6.45) is 7.49. The average molecular weight is 632 g/mol. The number of likely N-dealkylation sites (tertiary alicyclic amines) is 1. The maximum Gasteiger partial charge on any atom is 0.237 e. The van der Waals surface area contributed by atoms with Crippen molar-refractivity contribution in [1.29, 1.82) is 10.7 Å². The molecular formula is C36H41N9O2. The van der Waals surface area contributed by atoms with Crippen molar-refractivity contribution in [2.24, 2.45) is 23.8 Å². The average Bonchev–Trinajstić information content (AvgIpc) is 3.70. The first-order valence-corrected chi connectivity index (χ1v) is 16.5. The standard InChI is InChI=1S/C36H41N9O2/c1-3-45(28-8-9-30(38)29(16-28)32(39)36-19-35(20-36,21-36)22-37)34(47)27-10-13-43(17-27)18-31(46)44-14-11-25(12-15-44)24-4-6-26(7-5-24)33-40-23-42(2)41-33/h4-9,11,16,23,27,39H,3,10,12-15,17-21,38H2,1-2H3/t27-,35?,36?/m1/s1. The molecule has 1 saturated heterocycles. The number of nitrogens with one attached hydrogen (secondary N) is 1. The molecule has 2 amide bonds. The fraction of sp³-hybridized carbons (Fsp3) is 0.444. The number of carbonyl (C=O) groups is 2. The molecule has 11 nitrogen and oxygen atoms in total. The largest absolute Gasteiger partial charge is 0.398 e. The second-order valence-corrected chi connectivity index (χ2v) is 13.8. The summed E-state index contributed by atoms with van der Waals surface area (Å²) in [5.74, 6) is 0.627. The Labute approximate surface area is 275 Å². The zero-order chi connectivity index (χ0) is 32.9. The number of nitriles is 1. The number of nitrogens with two attached hydrogens (primary N) is 1. The molecule has 3 heterocycles. The molecule has 2 bridgehead atoms. The van der Waals surface area contributed by atoms with Crippen LogP contribution in [0.25, 0.3) is 17.0 Å². The fourth-order valence-corrected chi connectivity index (χ4v) is 8.00. The van der Waals surface area contributed by atoms with E-state index in [0.717, 1.165) is 42.5 Å². The van der Waals surface area contributed by atoms with Crippen LogP contribution in [0.2, 0.25) is 0 Å². The van der Waals surface area contributed by atoms with Gasteiger partial charge in [0.05, 0.1) is 23.9 Å². The van der Waals surface area contributed by atoms with Crippen LogP contribution in [0.5, 0.6) is 0 Å². The second-order valence-electron chi connectivity index (χ2n) is 13.8. The minimum absolute atomic E-state index is 0.0362. The highest BCUT2D eigenvalue weighted by Gasteiger charge is 2.70. The summed E-state index contributed by atoms with van der Waals surface area (Å²) in [4.78, 5) is 37.1. The minimum atomic E-state index is -0.252. The Morgan fingerprint density at radius 2 is 1.87 bits per heavy atom. The third-order valence-electron chi connectivity index (χ3n) is 10.7. The van der Waals surface area contributed by atoms with Crippen LogP contribution in [0.4, 0.5) is 11.4 Å². The molecule has 5 aliphatic rings. The first-order valence-electron chi connectivity index (χ1n) is 16.5. The number of hydrogen-bond donors (Lipinski definition) is 2. The number of hydrogen-bond acceptors (Lipinski definition) is 8. The van der Waals surface area contributed by atoms with E-state index in [2.05, 4.69) is 39.3 Å². The van der Waals surface area contributed by atoms with Crippen LogP contribution in [0.1, 0.15) is 50.2 Å². The number of anilines is 2. The molecule has 0 unspecified atom stereocenters. The summed E-state index contributed by atoms with van der Waals surface area (Å²) in [5.41, 5.74) is 11.6. The van der Waals surface area contributed by atoms with E-state index in [1.54, 1.807) is 22.0 Å². The van der Waals surface area contributed by atoms with Gasteiger partial charge < -0.3 is 20.9 Å². The molecule has 1 aromatic heterocycles. The number of nitrogen functional groups attached to an aromatic ring is 1. The molecule has 8 rings (SSSR count). The van der Waals surface area contributed by atoms with Crippen molar-refractivity contribution < 1.29 is 9.59 Å². The first kappa shape index (κ1) is 30.8. The van der Waals surface area contributed by atoms with Crippen LogP contribution < -0.4 is 10.6 Å². The Hall–Kier alpha value is -4.82. The van der Waals surface area contributed by atoms with Crippen LogP contribution in [0.15, 0.2) is 54.9 Å². The molecule has 47 heavy (non-hydrogen) atoms. The molecule has 2 aromatic carbocycles. The quantitative estimate of drug-likeness (QED) is 0.267. The van der Waals surface area contributed by atoms with Crippen LogP contribution in [0.3, 0.4) is 0 Å². The van der Waals surface area contributed by atoms with Crippen LogP contribution >= 0.6 is 0 Å². The zero-order valence-electron chi connectivity index (χ0n) is 27.1. The summed E-state index contributed by atoms with van der Waals surface area (Å²) in [5, 5.41) is 22.7. The Bertz CT molecular complexity index is 1800. The summed E-state index contributed by atoms with van der Waals surface area (Å²) < 4.78 is 1.69. The first-order chi connectivity index (χ1) is 22.6. The molecule has 3 aromatic rings. The predicted molar refractivity (Wildman–Crippen MR) is 180 cm³/mol. The van der Waals surface area contributed by atoms with Gasteiger partial charge in [0.1, 0.15) is 6.33 Å². The molecule has 3 N–H and O–H groups in total. The van der Waals surface area contributed by atoms with Gasteiger partial charge in [-0.25, -0.2) is 4.98 Å². The zero-order valence-corrected chi connectivity index (χ0v) is 27.1. The number of benzene rings is 2. The highest BCUT2D eigenvalue weighted by atomic mass is 16.2. The number of aromatic nitrogens is 3. The second kappa shape index (κ2) is 11.8. The lowest BCUT2D eigenvalue weighted by molar-refractivity contribution is -0.132. The molecule has 0 radical (unpaired) electrons. The van der Waals surface area contributed by atoms with E-state index in [9.17, 15) is 14.9 Å². The van der Waals surface area contributed by atoms with E-state index < -0.39 is 0 Å². The monoisotopic (exact) mass is 631 g/mol. The van der Waals surface area contributed by atoms with Gasteiger partial charge in [-0.15, -0.1) is 0 Å². The third-order valence-corrected chi connectivity index (χ3v) is 10.7. The van der Waals surface area contributed by atoms with Gasteiger partial charge in [0.2, 0.25) is 11.8 Å². The van der Waals surface area contributed by atoms with Gasteiger partial charge in [-0.3, -0.25) is 19.2 Å². The van der Waals surface area contributed by atoms with Gasteiger partial charge in [0, 0.05) is 66.9 Å². The van der Waals surface area contributed by atoms with Gasteiger partial charge in [-0.05, 0) is 74.9 Å². The smallest absolute Gasteiger partial charge is 0.237 e. The van der Waals surface area contributed by atoms with E-state index in [0.29, 0.717) is 68.5 Å². The molecule has 3 saturated carbocycles. The molecule has 1 atom stereocenters. The van der Waals surface area contributed by atoms with Crippen molar-refractivity contribution in [3.05, 3.63) is 66.0 Å². The van der Waals surface area contributed by atoms with Crippen molar-refractivity contribution in [2.45, 2.75) is 39.0 Å². The maximum absolute atomic E-state index is 13.8. The molecule has 4 fully saturated rings. The van der Waals surface area contributed by atoms with Crippen LogP contribution in [0, 0.1) is 33.5 Å². The van der Waals surface area contributed by atoms with Crippen molar-refractivity contribution >= 4 is 34.5 Å². The highest BCUT2D eigenvalue weighted by Crippen LogP contribution is 2.74. The lowest BCUT2D eigenvalue weighted by atomic mass is 9.34. The Balaban J connectivity index is 0.933. The number of nitrogens with zero attached hydrogens (tertiary/aromatic N) is 7. The van der Waals surface area contributed by atoms with Crippen molar-refractivity contribution in [3.63, 3.8) is 0 Å². The lowest BCUT2D eigenvalue weighted by Crippen LogP contribution is -2.64. The van der Waals surface area contributed by atoms with Gasteiger partial charge in [0.15, 0.2) is 5.82 Å². The van der Waals surface area contributed by atoms with E-state index in [1.807, 2.05) is 43.1 Å². The highest BCUT2D eigenvalue weighted by molar-refractivity contribution is 6.09. The fourth-order valence-electron chi connectivity index (χ4n) is 8.00. The molecule has 0 spiro atoms. The third kappa shape index (κ3) is 5.50. The Morgan fingerprint density at radius 1 is 1.13 bits per heavy atom. The molecular weight excluding hydrogens is 590 g/mol. The lowest BCUT2D eigenvalue weighted by Gasteiger charge is -2.67. The van der Waals surface area contributed by atoms with Crippen LogP contribution in [-0.2, 0) is 16.6 Å². The summed E-state index contributed by atoms with van der Waals surface area (Å²) in [7, 11) is 1.85. The van der Waals surface area contributed by atoms with Crippen molar-refractivity contribution in [1.82, 2.24) is 24.6 Å². The van der Waals surface area contributed by atoms with Crippen molar-refractivity contribution in [2.75, 3.05) is 49.9 Å². The minimum Gasteiger partial charge on any atom is -0.398 e. The molecule has 2 aliphatic heterocycles. The molecule has 3 aliphatic carbocycles. The van der Waals surface area contributed by atoms with Gasteiger partial charge >= 0.3 is 0 Å². The normalized spacial score (nSPS) is 24.9. The number of aryl methyl sites for hydroxylation is 1. The van der Waals surface area contributed by atoms with Gasteiger partial charge in [0.25, 0.3) is 0 Å². The maximum atomic E-state index is 13.8. The number of rotatable bonds is 9. The Morgan fingerprint density at radius 3 is 2.51 bits per heavy atom. The molecule has 242 valence electrons. The number of carbonyl (C=O) groups excluding carboxylic acids is 2. The SMILES string of the molecule is CCN(C(=O)[C@@H]1CCN(CC(=O)N2CC=C(c3ccc(-c4ncn(C)n4)cc3)CC2)C1)c1ccc(N)c(C(=N)C23CC(C#N)(C2)C3)c1. The topological polar surface area (TPSA) is 148 Å². The summed E-state index contributed by atoms with van der Waals surface area (Å²) in [6, 6.07) is 16.2. The van der Waals surface area contributed by atoms with Gasteiger partial charge in [-0.2, -0.15) is 10.4 Å². The van der Waals surface area contributed by atoms with Gasteiger partial charge in [-0.1, -0.05) is 30.3 Å². The Kier molecular flexibility index (Phi) is 7.71. The summed E-state index contributed by atoms with van der Waals surface area (Å²) in [6.45, 7) is 5.25. The predicted octanol–water partition coefficient (Wildman–Crippen LogP) is 4.12. The summed E-state index contributed by atoms with van der Waals surface area (Å²) >= 11 is 0. The van der Waals surface area contributed by atoms with Crippen LogP contribution in [-0.4, -0.2) is 81.4 Å². The van der Waals surface area contributed by atoms with E-state index in [1.165, 1.54) is 5.57 Å². The number of amides is 2. The van der Waals surface area contributed by atoms with Crippen molar-refractivity contribution in [3.8, 4) is 17.5 Å². The molecule has 11 heteroatoms. The van der Waals surface area contributed by atoms with E-state index in [-0.39, 0.29) is 28.6 Å². The van der Waals surface area contributed by atoms with E-state index in [4.69, 9.17) is 11.1 Å².